The van der Waals surface area contributed by atoms with Gasteiger partial charge >= 0.3 is 0 Å². The quantitative estimate of drug-likeness (QED) is 0.753. The van der Waals surface area contributed by atoms with E-state index < -0.39 is 0 Å². The molecule has 0 amide bonds. The van der Waals surface area contributed by atoms with Crippen LogP contribution >= 0.6 is 12.4 Å². The van der Waals surface area contributed by atoms with Crippen molar-refractivity contribution >= 4 is 12.4 Å². The van der Waals surface area contributed by atoms with Gasteiger partial charge in [-0.2, -0.15) is 0 Å². The maximum atomic E-state index is 12.5. The Morgan fingerprint density at radius 1 is 1.31 bits per heavy atom. The molecule has 2 nitrogen and oxygen atoms in total. The molecule has 1 fully saturated rings. The SMILES string of the molecule is Cl.Fc1ccc(C2NCCO2)cc1. The minimum atomic E-state index is -0.211. The van der Waals surface area contributed by atoms with Crippen LogP contribution in [0.2, 0.25) is 0 Å². The normalized spacial score (nSPS) is 21.2. The van der Waals surface area contributed by atoms with E-state index in [-0.39, 0.29) is 24.5 Å². The van der Waals surface area contributed by atoms with E-state index >= 15 is 0 Å². The first-order valence-electron chi connectivity index (χ1n) is 3.97. The van der Waals surface area contributed by atoms with Gasteiger partial charge in [0, 0.05) is 6.54 Å². The molecule has 1 heterocycles. The second-order valence-corrected chi connectivity index (χ2v) is 2.76. The molecule has 72 valence electrons. The van der Waals surface area contributed by atoms with Gasteiger partial charge in [-0.3, -0.25) is 5.32 Å². The molecule has 0 saturated carbocycles. The number of hydrogen-bond donors (Lipinski definition) is 1. The number of rotatable bonds is 1. The molecule has 4 heteroatoms. The van der Waals surface area contributed by atoms with Crippen LogP contribution < -0.4 is 5.32 Å². The van der Waals surface area contributed by atoms with Gasteiger partial charge in [-0.1, -0.05) is 12.1 Å². The summed E-state index contributed by atoms with van der Waals surface area (Å²) in [7, 11) is 0. The van der Waals surface area contributed by atoms with E-state index in [1.54, 1.807) is 12.1 Å². The molecule has 1 atom stereocenters. The first-order chi connectivity index (χ1) is 5.86. The highest BCUT2D eigenvalue weighted by atomic mass is 35.5. The Labute approximate surface area is 82.5 Å². The molecule has 1 aliphatic heterocycles. The van der Waals surface area contributed by atoms with Crippen molar-refractivity contribution in [3.8, 4) is 0 Å². The minimum absolute atomic E-state index is 0. The first kappa shape index (κ1) is 10.4. The molecule has 1 aliphatic rings. The van der Waals surface area contributed by atoms with Gasteiger partial charge in [0.05, 0.1) is 6.61 Å². The average molecular weight is 204 g/mol. The van der Waals surface area contributed by atoms with Crippen molar-refractivity contribution in [3.05, 3.63) is 35.6 Å². The molecule has 0 radical (unpaired) electrons. The number of benzene rings is 1. The van der Waals surface area contributed by atoms with Crippen LogP contribution in [-0.2, 0) is 4.74 Å². The van der Waals surface area contributed by atoms with E-state index in [4.69, 9.17) is 4.74 Å². The van der Waals surface area contributed by atoms with Gasteiger partial charge in [-0.25, -0.2) is 4.39 Å². The largest absolute Gasteiger partial charge is 0.358 e. The molecular weight excluding hydrogens is 193 g/mol. The van der Waals surface area contributed by atoms with Crippen molar-refractivity contribution < 1.29 is 9.13 Å². The molecule has 2 rings (SSSR count). The van der Waals surface area contributed by atoms with Gasteiger partial charge in [0.2, 0.25) is 0 Å². The molecule has 1 aromatic rings. The summed E-state index contributed by atoms with van der Waals surface area (Å²) in [5, 5.41) is 3.15. The fourth-order valence-electron chi connectivity index (χ4n) is 1.28. The van der Waals surface area contributed by atoms with Crippen LogP contribution in [0.25, 0.3) is 0 Å². The molecule has 0 bridgehead atoms. The van der Waals surface area contributed by atoms with Crippen LogP contribution in [0, 0.1) is 5.82 Å². The maximum Gasteiger partial charge on any atom is 0.134 e. The van der Waals surface area contributed by atoms with Crippen molar-refractivity contribution in [2.75, 3.05) is 13.2 Å². The molecular formula is C9H11ClFNO. The summed E-state index contributed by atoms with van der Waals surface area (Å²) in [5.41, 5.74) is 0.980. The lowest BCUT2D eigenvalue weighted by molar-refractivity contribution is 0.102. The van der Waals surface area contributed by atoms with Crippen LogP contribution in [-0.4, -0.2) is 13.2 Å². The molecule has 13 heavy (non-hydrogen) atoms. The zero-order valence-corrected chi connectivity index (χ0v) is 7.81. The third kappa shape index (κ3) is 2.40. The Bertz CT molecular complexity index is 259. The van der Waals surface area contributed by atoms with E-state index in [9.17, 15) is 4.39 Å². The second kappa shape index (κ2) is 4.56. The lowest BCUT2D eigenvalue weighted by Gasteiger charge is -2.09. The summed E-state index contributed by atoms with van der Waals surface area (Å²) in [5.74, 6) is -0.211. The lowest BCUT2D eigenvalue weighted by atomic mass is 10.2. The van der Waals surface area contributed by atoms with E-state index in [2.05, 4.69) is 5.32 Å². The minimum Gasteiger partial charge on any atom is -0.358 e. The van der Waals surface area contributed by atoms with Crippen LogP contribution in [0.1, 0.15) is 11.8 Å². The van der Waals surface area contributed by atoms with E-state index in [0.29, 0.717) is 0 Å². The molecule has 0 spiro atoms. The van der Waals surface area contributed by atoms with Crippen molar-refractivity contribution in [2.24, 2.45) is 0 Å². The van der Waals surface area contributed by atoms with Gasteiger partial charge in [0.1, 0.15) is 12.0 Å². The molecule has 1 N–H and O–H groups in total. The zero-order chi connectivity index (χ0) is 8.39. The van der Waals surface area contributed by atoms with Crippen molar-refractivity contribution in [1.82, 2.24) is 5.32 Å². The van der Waals surface area contributed by atoms with E-state index in [1.807, 2.05) is 0 Å². The molecule has 0 aromatic heterocycles. The average Bonchev–Trinajstić information content (AvgIpc) is 2.58. The summed E-state index contributed by atoms with van der Waals surface area (Å²) in [6, 6.07) is 6.36. The van der Waals surface area contributed by atoms with Gasteiger partial charge in [0.25, 0.3) is 0 Å². The summed E-state index contributed by atoms with van der Waals surface area (Å²) in [6.45, 7) is 1.59. The number of nitrogens with one attached hydrogen (secondary N) is 1. The van der Waals surface area contributed by atoms with Gasteiger partial charge in [0.15, 0.2) is 0 Å². The highest BCUT2D eigenvalue weighted by Gasteiger charge is 2.15. The van der Waals surface area contributed by atoms with Crippen LogP contribution in [0.4, 0.5) is 4.39 Å². The number of ether oxygens (including phenoxy) is 1. The van der Waals surface area contributed by atoms with Crippen LogP contribution in [0.15, 0.2) is 24.3 Å². The van der Waals surface area contributed by atoms with Crippen LogP contribution in [0.3, 0.4) is 0 Å². The third-order valence-corrected chi connectivity index (χ3v) is 1.89. The molecule has 1 unspecified atom stereocenters. The summed E-state index contributed by atoms with van der Waals surface area (Å²) in [4.78, 5) is 0. The van der Waals surface area contributed by atoms with Crippen LogP contribution in [0.5, 0.6) is 0 Å². The number of halogens is 2. The Kier molecular flexibility index (Phi) is 3.66. The Morgan fingerprint density at radius 3 is 2.54 bits per heavy atom. The van der Waals surface area contributed by atoms with Crippen molar-refractivity contribution in [1.29, 1.82) is 0 Å². The number of hydrogen-bond acceptors (Lipinski definition) is 2. The summed E-state index contributed by atoms with van der Waals surface area (Å²) in [6.07, 6.45) is -0.0504. The predicted molar refractivity (Wildman–Crippen MR) is 50.3 cm³/mol. The monoisotopic (exact) mass is 203 g/mol. The third-order valence-electron chi connectivity index (χ3n) is 1.89. The van der Waals surface area contributed by atoms with E-state index in [0.717, 1.165) is 18.7 Å². The Hall–Kier alpha value is -0.640. The first-order valence-corrected chi connectivity index (χ1v) is 3.97. The van der Waals surface area contributed by atoms with Crippen molar-refractivity contribution in [3.63, 3.8) is 0 Å². The van der Waals surface area contributed by atoms with Crippen molar-refractivity contribution in [2.45, 2.75) is 6.23 Å². The lowest BCUT2D eigenvalue weighted by Crippen LogP contribution is -2.13. The molecule has 0 aliphatic carbocycles. The smallest absolute Gasteiger partial charge is 0.134 e. The topological polar surface area (TPSA) is 21.3 Å². The maximum absolute atomic E-state index is 12.5. The highest BCUT2D eigenvalue weighted by Crippen LogP contribution is 2.17. The molecule has 1 aromatic carbocycles. The van der Waals surface area contributed by atoms with Gasteiger partial charge < -0.3 is 4.74 Å². The standard InChI is InChI=1S/C9H10FNO.ClH/c10-8-3-1-7(2-4-8)9-11-5-6-12-9;/h1-4,9,11H,5-6H2;1H. The fourth-order valence-corrected chi connectivity index (χ4v) is 1.28. The van der Waals surface area contributed by atoms with Gasteiger partial charge in [-0.05, 0) is 17.7 Å². The van der Waals surface area contributed by atoms with Gasteiger partial charge in [-0.15, -0.1) is 12.4 Å². The second-order valence-electron chi connectivity index (χ2n) is 2.76. The Morgan fingerprint density at radius 2 is 2.00 bits per heavy atom. The Balaban J connectivity index is 0.000000845. The highest BCUT2D eigenvalue weighted by molar-refractivity contribution is 5.85. The molecule has 1 saturated heterocycles. The summed E-state index contributed by atoms with van der Waals surface area (Å²) < 4.78 is 17.9. The van der Waals surface area contributed by atoms with E-state index in [1.165, 1.54) is 12.1 Å². The summed E-state index contributed by atoms with van der Waals surface area (Å²) >= 11 is 0. The zero-order valence-electron chi connectivity index (χ0n) is 7.00. The predicted octanol–water partition coefficient (Wildman–Crippen LogP) is 1.87. The fraction of sp³-hybridized carbons (Fsp3) is 0.333.